The molecule has 1 heterocycles. The highest BCUT2D eigenvalue weighted by molar-refractivity contribution is 6.04. The van der Waals surface area contributed by atoms with E-state index in [2.05, 4.69) is 104 Å². The van der Waals surface area contributed by atoms with Crippen molar-refractivity contribution < 1.29 is 0 Å². The van der Waals surface area contributed by atoms with E-state index in [-0.39, 0.29) is 5.41 Å². The molecule has 0 spiro atoms. The number of rotatable bonds is 1. The summed E-state index contributed by atoms with van der Waals surface area (Å²) in [4.78, 5) is 2.13. The average molecular weight is 436 g/mol. The summed E-state index contributed by atoms with van der Waals surface area (Å²) in [6.07, 6.45) is 0. The van der Waals surface area contributed by atoms with Crippen molar-refractivity contribution in [2.75, 3.05) is 4.90 Å². The molecule has 3 nitrogen and oxygen atoms in total. The lowest BCUT2D eigenvalue weighted by molar-refractivity contribution is 0.644. The van der Waals surface area contributed by atoms with Gasteiger partial charge in [-0.15, -0.1) is 0 Å². The molecule has 0 bridgehead atoms. The van der Waals surface area contributed by atoms with Crippen LogP contribution < -0.4 is 4.90 Å². The minimum atomic E-state index is -0.308. The van der Waals surface area contributed by atoms with Crippen molar-refractivity contribution in [3.8, 4) is 12.1 Å². The lowest BCUT2D eigenvalue weighted by Gasteiger charge is -2.43. The largest absolute Gasteiger partial charge is 0.307 e. The molecule has 1 aliphatic heterocycles. The molecule has 3 heteroatoms. The van der Waals surface area contributed by atoms with Crippen molar-refractivity contribution in [2.24, 2.45) is 0 Å². The molecule has 0 unspecified atom stereocenters. The molecular weight excluding hydrogens is 414 g/mol. The lowest BCUT2D eigenvalue weighted by Crippen LogP contribution is -2.32. The van der Waals surface area contributed by atoms with E-state index in [1.165, 1.54) is 32.7 Å². The van der Waals surface area contributed by atoms with E-state index < -0.39 is 0 Å². The first kappa shape index (κ1) is 20.0. The Balaban J connectivity index is 1.84. The Labute approximate surface area is 198 Å². The molecule has 0 N–H and O–H groups in total. The van der Waals surface area contributed by atoms with Gasteiger partial charge in [-0.3, -0.25) is 0 Å². The van der Waals surface area contributed by atoms with Gasteiger partial charge >= 0.3 is 0 Å². The van der Waals surface area contributed by atoms with Crippen LogP contribution in [0.2, 0.25) is 0 Å². The summed E-state index contributed by atoms with van der Waals surface area (Å²) in [6.45, 7) is 4.56. The van der Waals surface area contributed by atoms with Crippen molar-refractivity contribution in [1.82, 2.24) is 0 Å². The Bertz CT molecular complexity index is 1590. The van der Waals surface area contributed by atoms with Gasteiger partial charge in [0.2, 0.25) is 0 Å². The highest BCUT2D eigenvalue weighted by Gasteiger charge is 2.40. The number of benzene rings is 5. The lowest BCUT2D eigenvalue weighted by atomic mass is 9.70. The summed E-state index contributed by atoms with van der Waals surface area (Å²) < 4.78 is 0. The highest BCUT2D eigenvalue weighted by atomic mass is 15.2. The third-order valence-electron chi connectivity index (χ3n) is 7.05. The van der Waals surface area contributed by atoms with E-state index in [1.54, 1.807) is 18.2 Å². The first-order chi connectivity index (χ1) is 16.6. The fourth-order valence-corrected chi connectivity index (χ4v) is 5.67. The van der Waals surface area contributed by atoms with Gasteiger partial charge in [-0.05, 0) is 56.9 Å². The summed E-state index contributed by atoms with van der Waals surface area (Å²) >= 11 is 0. The van der Waals surface area contributed by atoms with Crippen LogP contribution >= 0.6 is 0 Å². The second-order valence-corrected chi connectivity index (χ2v) is 9.25. The van der Waals surface area contributed by atoms with E-state index in [0.29, 0.717) is 16.8 Å². The van der Waals surface area contributed by atoms with Gasteiger partial charge in [0, 0.05) is 5.41 Å². The van der Waals surface area contributed by atoms with Gasteiger partial charge < -0.3 is 4.90 Å². The topological polar surface area (TPSA) is 50.8 Å². The first-order valence-electron chi connectivity index (χ1n) is 11.3. The van der Waals surface area contributed by atoms with Crippen LogP contribution in [0.4, 0.5) is 17.1 Å². The van der Waals surface area contributed by atoms with Gasteiger partial charge in [0.05, 0.1) is 28.2 Å². The minimum Gasteiger partial charge on any atom is -0.307 e. The Kier molecular flexibility index (Phi) is 4.25. The zero-order chi connectivity index (χ0) is 23.4. The Morgan fingerprint density at radius 2 is 1.06 bits per heavy atom. The molecule has 0 saturated carbocycles. The molecule has 1 aliphatic rings. The third-order valence-corrected chi connectivity index (χ3v) is 7.05. The quantitative estimate of drug-likeness (QED) is 0.269. The predicted octanol–water partition coefficient (Wildman–Crippen LogP) is 7.85. The van der Waals surface area contributed by atoms with E-state index in [1.807, 2.05) is 0 Å². The Morgan fingerprint density at radius 3 is 1.53 bits per heavy atom. The van der Waals surface area contributed by atoms with Crippen molar-refractivity contribution in [3.05, 3.63) is 113 Å². The molecule has 0 aromatic heterocycles. The van der Waals surface area contributed by atoms with Gasteiger partial charge in [0.25, 0.3) is 0 Å². The zero-order valence-corrected chi connectivity index (χ0v) is 19.0. The normalized spacial score (nSPS) is 13.7. The maximum Gasteiger partial charge on any atom is 0.101 e. The molecular formula is C31H21N3. The number of hydrogen-bond acceptors (Lipinski definition) is 3. The van der Waals surface area contributed by atoms with Crippen LogP contribution in [0.15, 0.2) is 91.0 Å². The van der Waals surface area contributed by atoms with Gasteiger partial charge in [0.15, 0.2) is 0 Å². The highest BCUT2D eigenvalue weighted by Crippen LogP contribution is 2.56. The van der Waals surface area contributed by atoms with Crippen LogP contribution in [-0.4, -0.2) is 0 Å². The van der Waals surface area contributed by atoms with E-state index in [4.69, 9.17) is 0 Å². The molecule has 0 radical (unpaired) electrons. The van der Waals surface area contributed by atoms with Crippen molar-refractivity contribution in [1.29, 1.82) is 10.5 Å². The number of hydrogen-bond donors (Lipinski definition) is 0. The Hall–Kier alpha value is -4.60. The van der Waals surface area contributed by atoms with Crippen molar-refractivity contribution in [2.45, 2.75) is 19.3 Å². The first-order valence-corrected chi connectivity index (χ1v) is 11.3. The zero-order valence-electron chi connectivity index (χ0n) is 19.0. The molecule has 5 aromatic carbocycles. The number of fused-ring (bicyclic) bond motifs is 6. The predicted molar refractivity (Wildman–Crippen MR) is 138 cm³/mol. The van der Waals surface area contributed by atoms with E-state index in [9.17, 15) is 10.5 Å². The van der Waals surface area contributed by atoms with Crippen LogP contribution in [0.1, 0.15) is 36.1 Å². The summed E-state index contributed by atoms with van der Waals surface area (Å²) in [6, 6.07) is 35.4. The van der Waals surface area contributed by atoms with Gasteiger partial charge in [-0.25, -0.2) is 0 Å². The van der Waals surface area contributed by atoms with Gasteiger partial charge in [-0.1, -0.05) is 80.6 Å². The minimum absolute atomic E-state index is 0.308. The standard InChI is InChI=1S/C31H21N3/c1-31(2)28-24-12-5-3-8-20(24)14-16-26(28)34(30-22(18-32)10-7-11-23(30)19-33)27-17-15-21-9-4-6-13-25(21)29(27)31/h3-17H,1-2H3. The monoisotopic (exact) mass is 435 g/mol. The summed E-state index contributed by atoms with van der Waals surface area (Å²) in [5.74, 6) is 0. The van der Waals surface area contributed by atoms with Crippen molar-refractivity contribution >= 4 is 38.6 Å². The molecule has 6 rings (SSSR count). The summed E-state index contributed by atoms with van der Waals surface area (Å²) in [5, 5.41) is 24.8. The molecule has 34 heavy (non-hydrogen) atoms. The maximum atomic E-state index is 10.0. The van der Waals surface area contributed by atoms with Crippen molar-refractivity contribution in [3.63, 3.8) is 0 Å². The molecule has 0 amide bonds. The van der Waals surface area contributed by atoms with Crippen LogP contribution in [0.3, 0.4) is 0 Å². The SMILES string of the molecule is CC1(C)c2c(ccc3ccccc23)N(c2c(C#N)cccc2C#N)c2ccc3ccccc3c21. The maximum absolute atomic E-state index is 10.0. The van der Waals surface area contributed by atoms with Gasteiger partial charge in [0.1, 0.15) is 12.1 Å². The third kappa shape index (κ3) is 2.62. The van der Waals surface area contributed by atoms with E-state index >= 15 is 0 Å². The molecule has 5 aromatic rings. The molecule has 0 atom stereocenters. The van der Waals surface area contributed by atoms with Crippen LogP contribution in [0.5, 0.6) is 0 Å². The summed E-state index contributed by atoms with van der Waals surface area (Å²) in [7, 11) is 0. The number of anilines is 3. The van der Waals surface area contributed by atoms with Crippen LogP contribution in [0.25, 0.3) is 21.5 Å². The molecule has 0 aliphatic carbocycles. The average Bonchev–Trinajstić information content (AvgIpc) is 2.87. The number of nitriles is 2. The number of nitrogens with zero attached hydrogens (tertiary/aromatic N) is 3. The molecule has 0 fully saturated rings. The smallest absolute Gasteiger partial charge is 0.101 e. The second-order valence-electron chi connectivity index (χ2n) is 9.25. The summed E-state index contributed by atoms with van der Waals surface area (Å²) in [5.41, 5.74) is 5.70. The van der Waals surface area contributed by atoms with Crippen LogP contribution in [-0.2, 0) is 5.41 Å². The number of para-hydroxylation sites is 1. The fourth-order valence-electron chi connectivity index (χ4n) is 5.67. The van der Waals surface area contributed by atoms with Gasteiger partial charge in [-0.2, -0.15) is 10.5 Å². The molecule has 160 valence electrons. The Morgan fingerprint density at radius 1 is 0.588 bits per heavy atom. The van der Waals surface area contributed by atoms with Crippen LogP contribution in [0, 0.1) is 22.7 Å². The second kappa shape index (κ2) is 7.20. The fraction of sp³-hybridized carbons (Fsp3) is 0.0968. The van der Waals surface area contributed by atoms with E-state index in [0.717, 1.165) is 11.4 Å². The molecule has 0 saturated heterocycles.